The van der Waals surface area contributed by atoms with Crippen molar-refractivity contribution in [3.63, 3.8) is 0 Å². The van der Waals surface area contributed by atoms with Gasteiger partial charge in [0.25, 0.3) is 0 Å². The van der Waals surface area contributed by atoms with Crippen LogP contribution in [0.2, 0.25) is 0 Å². The molecular formula is C33H48N7O20P3. The number of amides is 2. The van der Waals surface area contributed by atoms with Gasteiger partial charge >= 0.3 is 29.4 Å². The minimum absolute atomic E-state index is 0.000922. The standard InChI is InChI=1S/C33H48N7O20P3/c1-32(2,28(47)31(48)36-12-10-22(42)35-11-9-20(41)19(13-23(43)44)25(45)18-7-5-4-6-8-18)15-57-63(54,55)60-62(52,53)56-14-21-26(59-61(49,50)51)27(46)33(3,58-21)40-17-39-24-29(34)37-16-38-30(24)40/h4-8,16-17,19,21,25-28,45-47H,9-15H2,1-3H3,(H,35,42)(H,36,48)(H,43,44)(H,52,53)(H,54,55)(H2,34,37,38)(H2,49,50,51). The van der Waals surface area contributed by atoms with Gasteiger partial charge in [-0.2, -0.15) is 4.31 Å². The fourth-order valence-electron chi connectivity index (χ4n) is 6.24. The Hall–Kier alpha value is -4.14. The minimum atomic E-state index is -5.64. The van der Waals surface area contributed by atoms with Crippen molar-refractivity contribution < 1.29 is 95.5 Å². The quantitative estimate of drug-likeness (QED) is 0.0498. The minimum Gasteiger partial charge on any atom is -0.481 e. The van der Waals surface area contributed by atoms with Crippen LogP contribution >= 0.6 is 23.5 Å². The van der Waals surface area contributed by atoms with Gasteiger partial charge in [0, 0.05) is 31.3 Å². The van der Waals surface area contributed by atoms with Crippen LogP contribution in [-0.2, 0) is 61.2 Å². The number of Topliss-reactive ketones (excluding diaryl/α,β-unsaturated/α-hetero) is 1. The average molecular weight is 956 g/mol. The third-order valence-corrected chi connectivity index (χ3v) is 12.7. The summed E-state index contributed by atoms with van der Waals surface area (Å²) in [4.78, 5) is 101. The fraction of sp³-hybridized carbons (Fsp3) is 0.545. The highest BCUT2D eigenvalue weighted by molar-refractivity contribution is 7.61. The second-order valence-corrected chi connectivity index (χ2v) is 19.1. The number of aliphatic hydroxyl groups excluding tert-OH is 3. The summed E-state index contributed by atoms with van der Waals surface area (Å²) in [5.74, 6) is -4.98. The molecule has 1 aromatic carbocycles. The molecule has 3 heterocycles. The second-order valence-electron chi connectivity index (χ2n) is 14.9. The number of rotatable bonds is 24. The Morgan fingerprint density at radius 2 is 1.60 bits per heavy atom. The average Bonchev–Trinajstić information content (AvgIpc) is 3.74. The highest BCUT2D eigenvalue weighted by atomic mass is 31.3. The number of carboxylic acids is 1. The van der Waals surface area contributed by atoms with Crippen LogP contribution in [0.5, 0.6) is 0 Å². The molecule has 2 amide bonds. The number of ketones is 1. The van der Waals surface area contributed by atoms with Crippen molar-refractivity contribution in [2.75, 3.05) is 32.0 Å². The number of phosphoric acid groups is 3. The number of nitrogens with zero attached hydrogens (tertiary/aromatic N) is 4. The summed E-state index contributed by atoms with van der Waals surface area (Å²) in [5, 5.41) is 46.4. The van der Waals surface area contributed by atoms with Crippen LogP contribution in [0.15, 0.2) is 43.0 Å². The first kappa shape index (κ1) is 51.5. The molecule has 3 aromatic rings. The van der Waals surface area contributed by atoms with Gasteiger partial charge in [0.05, 0.1) is 38.0 Å². The predicted molar refractivity (Wildman–Crippen MR) is 211 cm³/mol. The number of nitrogen functional groups attached to an aromatic ring is 1. The molecule has 0 saturated carbocycles. The first-order valence-electron chi connectivity index (χ1n) is 18.6. The molecule has 12 N–H and O–H groups in total. The summed E-state index contributed by atoms with van der Waals surface area (Å²) in [6.07, 6.45) is -8.24. The number of fused-ring (bicyclic) bond motifs is 1. The lowest BCUT2D eigenvalue weighted by atomic mass is 9.87. The molecule has 0 spiro atoms. The zero-order valence-corrected chi connectivity index (χ0v) is 36.3. The lowest BCUT2D eigenvalue weighted by molar-refractivity contribution is -0.143. The Bertz CT molecular complexity index is 2260. The molecule has 63 heavy (non-hydrogen) atoms. The molecule has 1 aliphatic rings. The van der Waals surface area contributed by atoms with E-state index in [2.05, 4.69) is 29.9 Å². The number of nitrogens with two attached hydrogens (primary N) is 1. The number of hydrogen-bond donors (Lipinski definition) is 11. The maximum Gasteiger partial charge on any atom is 0.481 e. The summed E-state index contributed by atoms with van der Waals surface area (Å²) in [7, 11) is -16.6. The van der Waals surface area contributed by atoms with Crippen LogP contribution in [0.25, 0.3) is 11.2 Å². The van der Waals surface area contributed by atoms with Gasteiger partial charge in [-0.3, -0.25) is 37.3 Å². The van der Waals surface area contributed by atoms with Gasteiger partial charge in [0.15, 0.2) is 17.2 Å². The van der Waals surface area contributed by atoms with Crippen molar-refractivity contribution in [2.45, 2.75) is 76.3 Å². The van der Waals surface area contributed by atoms with Crippen LogP contribution in [0, 0.1) is 11.3 Å². The number of phosphoric ester groups is 3. The van der Waals surface area contributed by atoms with Gasteiger partial charge in [-0.1, -0.05) is 44.2 Å². The van der Waals surface area contributed by atoms with Crippen LogP contribution in [0.1, 0.15) is 51.7 Å². The van der Waals surface area contributed by atoms with Crippen molar-refractivity contribution in [3.8, 4) is 0 Å². The van der Waals surface area contributed by atoms with E-state index in [0.717, 1.165) is 17.2 Å². The van der Waals surface area contributed by atoms with Crippen molar-refractivity contribution in [1.82, 2.24) is 30.2 Å². The number of carbonyl (C=O) groups is 4. The van der Waals surface area contributed by atoms with E-state index in [4.69, 9.17) is 24.0 Å². The number of benzene rings is 1. The van der Waals surface area contributed by atoms with E-state index >= 15 is 0 Å². The number of nitrogens with one attached hydrogen (secondary N) is 2. The molecule has 1 saturated heterocycles. The number of aliphatic carboxylic acids is 1. The number of hydrogen-bond acceptors (Lipinski definition) is 19. The number of aliphatic hydroxyl groups is 3. The van der Waals surface area contributed by atoms with Crippen molar-refractivity contribution in [1.29, 1.82) is 0 Å². The Kier molecular flexibility index (Phi) is 17.0. The molecule has 0 aliphatic carbocycles. The van der Waals surface area contributed by atoms with E-state index < -0.39 is 114 Å². The Balaban J connectivity index is 1.25. The highest BCUT2D eigenvalue weighted by Crippen LogP contribution is 2.61. The van der Waals surface area contributed by atoms with E-state index in [1.165, 1.54) is 32.9 Å². The van der Waals surface area contributed by atoms with Crippen LogP contribution in [0.4, 0.5) is 5.82 Å². The topological polar surface area (TPSA) is 421 Å². The maximum atomic E-state index is 12.8. The number of imidazole rings is 1. The number of ether oxygens (including phenoxy) is 1. The monoisotopic (exact) mass is 955 g/mol. The summed E-state index contributed by atoms with van der Waals surface area (Å²) < 4.78 is 62.8. The number of anilines is 1. The smallest absolute Gasteiger partial charge is 0.481 e. The van der Waals surface area contributed by atoms with Gasteiger partial charge in [0.2, 0.25) is 11.8 Å². The Labute approximate surface area is 357 Å². The van der Waals surface area contributed by atoms with E-state index in [0.29, 0.717) is 5.56 Å². The molecule has 2 aromatic heterocycles. The Morgan fingerprint density at radius 1 is 0.968 bits per heavy atom. The molecular weight excluding hydrogens is 907 g/mol. The van der Waals surface area contributed by atoms with E-state index in [1.807, 2.05) is 0 Å². The molecule has 0 radical (unpaired) electrons. The van der Waals surface area contributed by atoms with Crippen LogP contribution in [-0.4, -0.2) is 134 Å². The summed E-state index contributed by atoms with van der Waals surface area (Å²) in [5.41, 5.74) is 2.50. The number of carbonyl (C=O) groups excluding carboxylic acids is 3. The first-order valence-corrected chi connectivity index (χ1v) is 23.1. The highest BCUT2D eigenvalue weighted by Gasteiger charge is 2.57. The van der Waals surface area contributed by atoms with Crippen molar-refractivity contribution >= 4 is 64.0 Å². The molecule has 9 unspecified atom stereocenters. The van der Waals surface area contributed by atoms with Gasteiger partial charge in [0.1, 0.15) is 42.0 Å². The van der Waals surface area contributed by atoms with Crippen molar-refractivity contribution in [2.24, 2.45) is 11.3 Å². The summed E-state index contributed by atoms with van der Waals surface area (Å²) in [6.45, 7) is 0.942. The Morgan fingerprint density at radius 3 is 2.24 bits per heavy atom. The summed E-state index contributed by atoms with van der Waals surface area (Å²) >= 11 is 0. The lowest BCUT2D eigenvalue weighted by Gasteiger charge is -2.30. The van der Waals surface area contributed by atoms with Gasteiger partial charge < -0.3 is 61.1 Å². The van der Waals surface area contributed by atoms with Gasteiger partial charge in [-0.15, -0.1) is 0 Å². The van der Waals surface area contributed by atoms with E-state index in [-0.39, 0.29) is 42.9 Å². The molecule has 27 nitrogen and oxygen atoms in total. The van der Waals surface area contributed by atoms with Gasteiger partial charge in [-0.05, 0) is 12.5 Å². The third-order valence-electron chi connectivity index (χ3n) is 9.59. The number of carboxylic acid groups (broad SMARTS) is 1. The van der Waals surface area contributed by atoms with Gasteiger partial charge in [-0.25, -0.2) is 28.6 Å². The molecule has 350 valence electrons. The van der Waals surface area contributed by atoms with E-state index in [9.17, 15) is 72.9 Å². The SMILES string of the molecule is CC(C)(COP(=O)(O)OP(=O)(O)OCC1OC(C)(n2cnc3c(N)ncnc32)C(O)C1OP(=O)(O)O)C(O)C(=O)NCCC(=O)NCCC(=O)C(CC(=O)O)C(O)c1ccccc1. The van der Waals surface area contributed by atoms with Crippen LogP contribution < -0.4 is 16.4 Å². The fourth-order valence-corrected chi connectivity index (χ4v) is 9.05. The summed E-state index contributed by atoms with van der Waals surface area (Å²) in [6, 6.07) is 7.97. The predicted octanol–water partition coefficient (Wildman–Crippen LogP) is -0.637. The third kappa shape index (κ3) is 13.9. The largest absolute Gasteiger partial charge is 0.481 e. The molecule has 1 fully saturated rings. The number of aromatic nitrogens is 4. The molecule has 30 heteroatoms. The zero-order valence-electron chi connectivity index (χ0n) is 33.6. The van der Waals surface area contributed by atoms with E-state index in [1.54, 1.807) is 18.2 Å². The normalized spacial score (nSPS) is 22.7. The lowest BCUT2D eigenvalue weighted by Crippen LogP contribution is -2.46. The first-order chi connectivity index (χ1) is 29.2. The zero-order chi connectivity index (χ0) is 47.1. The maximum absolute atomic E-state index is 12.8. The molecule has 4 rings (SSSR count). The second kappa shape index (κ2) is 20.8. The van der Waals surface area contributed by atoms with Crippen LogP contribution in [0.3, 0.4) is 0 Å². The molecule has 9 atom stereocenters. The van der Waals surface area contributed by atoms with Crippen molar-refractivity contribution in [3.05, 3.63) is 48.5 Å². The molecule has 1 aliphatic heterocycles. The molecule has 0 bridgehead atoms.